The summed E-state index contributed by atoms with van der Waals surface area (Å²) in [6.45, 7) is 11.3. The zero-order valence-corrected chi connectivity index (χ0v) is 26.9. The number of likely N-dealkylation sites (N-methyl/N-ethyl adjacent to an activating group) is 2. The molecule has 0 bridgehead atoms. The molecular formula is C36H50FN3O3. The molecule has 7 heteroatoms. The minimum Gasteiger partial charge on any atom is -0.508 e. The highest BCUT2D eigenvalue weighted by atomic mass is 19.1. The van der Waals surface area contributed by atoms with Crippen molar-refractivity contribution in [1.82, 2.24) is 9.80 Å². The first-order valence-electron chi connectivity index (χ1n) is 15.7. The Balaban J connectivity index is 1.47. The van der Waals surface area contributed by atoms with Crippen LogP contribution in [-0.2, 0) is 17.6 Å². The molecule has 6 nitrogen and oxygen atoms in total. The van der Waals surface area contributed by atoms with E-state index in [1.807, 2.05) is 18.2 Å². The molecule has 1 unspecified atom stereocenters. The van der Waals surface area contributed by atoms with E-state index in [0.717, 1.165) is 62.5 Å². The maximum absolute atomic E-state index is 15.4. The molecule has 4 rings (SSSR count). The quantitative estimate of drug-likeness (QED) is 0.259. The van der Waals surface area contributed by atoms with E-state index >= 15 is 4.39 Å². The first-order chi connectivity index (χ1) is 20.7. The Hall–Kier alpha value is -3.29. The molecule has 1 atom stereocenters. The van der Waals surface area contributed by atoms with Gasteiger partial charge in [-0.15, -0.1) is 0 Å². The van der Waals surface area contributed by atoms with E-state index < -0.39 is 0 Å². The maximum Gasteiger partial charge on any atom is 0.165 e. The molecule has 0 aromatic heterocycles. The Kier molecular flexibility index (Phi) is 11.7. The number of benzene rings is 2. The van der Waals surface area contributed by atoms with Gasteiger partial charge in [-0.3, -0.25) is 0 Å². The average Bonchev–Trinajstić information content (AvgIpc) is 3.18. The number of halogens is 1. The van der Waals surface area contributed by atoms with Gasteiger partial charge in [0.25, 0.3) is 0 Å². The largest absolute Gasteiger partial charge is 0.508 e. The van der Waals surface area contributed by atoms with Crippen LogP contribution in [0.25, 0.3) is 0 Å². The SMILES string of the molecule is CCN(C)CCN(C)CCOC1=CCC=C(CN(c2cc(OC)ccc2C2CCc3cc(O)ccc3C2)C(C)C)C=C1F. The van der Waals surface area contributed by atoms with Gasteiger partial charge in [-0.2, -0.15) is 0 Å². The summed E-state index contributed by atoms with van der Waals surface area (Å²) >= 11 is 0. The minimum absolute atomic E-state index is 0.185. The summed E-state index contributed by atoms with van der Waals surface area (Å²) < 4.78 is 27.0. The van der Waals surface area contributed by atoms with Gasteiger partial charge in [0, 0.05) is 44.0 Å². The van der Waals surface area contributed by atoms with Crippen molar-refractivity contribution in [3.05, 3.63) is 88.5 Å². The second kappa shape index (κ2) is 15.4. The summed E-state index contributed by atoms with van der Waals surface area (Å²) in [6, 6.07) is 12.3. The number of nitrogens with zero attached hydrogens (tertiary/aromatic N) is 3. The Labute approximate surface area is 258 Å². The average molecular weight is 592 g/mol. The fourth-order valence-electron chi connectivity index (χ4n) is 5.86. The predicted octanol–water partition coefficient (Wildman–Crippen LogP) is 6.86. The van der Waals surface area contributed by atoms with E-state index in [1.165, 1.54) is 16.7 Å². The predicted molar refractivity (Wildman–Crippen MR) is 175 cm³/mol. The number of rotatable bonds is 14. The second-order valence-corrected chi connectivity index (χ2v) is 12.2. The molecule has 0 fully saturated rings. The number of allylic oxidation sites excluding steroid dienone is 3. The Morgan fingerprint density at radius 3 is 2.53 bits per heavy atom. The summed E-state index contributed by atoms with van der Waals surface area (Å²) in [4.78, 5) is 6.85. The molecule has 2 aromatic carbocycles. The molecule has 0 aliphatic heterocycles. The van der Waals surface area contributed by atoms with Crippen LogP contribution in [0.4, 0.5) is 10.1 Å². The van der Waals surface area contributed by atoms with Gasteiger partial charge in [-0.05, 0) is 119 Å². The number of ether oxygens (including phenoxy) is 2. The molecule has 2 aliphatic carbocycles. The molecule has 2 aliphatic rings. The van der Waals surface area contributed by atoms with Gasteiger partial charge >= 0.3 is 0 Å². The number of phenolic OH excluding ortho intramolecular Hbond substituents is 1. The number of hydrogen-bond acceptors (Lipinski definition) is 6. The van der Waals surface area contributed by atoms with E-state index in [9.17, 15) is 5.11 Å². The molecule has 0 radical (unpaired) electrons. The maximum atomic E-state index is 15.4. The Bertz CT molecular complexity index is 1320. The number of fused-ring (bicyclic) bond motifs is 1. The van der Waals surface area contributed by atoms with Crippen LogP contribution in [0.3, 0.4) is 0 Å². The van der Waals surface area contributed by atoms with Gasteiger partial charge in [-0.1, -0.05) is 25.1 Å². The lowest BCUT2D eigenvalue weighted by atomic mass is 9.79. The van der Waals surface area contributed by atoms with Gasteiger partial charge in [0.1, 0.15) is 18.1 Å². The molecule has 0 saturated heterocycles. The standard InChI is InChI=1S/C36H50FN3O3/c1-7-38(4)17-18-39(5)19-20-43-36-10-8-9-27(21-34(36)37)25-40(26(2)3)35-24-32(42-6)15-16-33(35)30-12-11-29-23-31(41)14-13-28(29)22-30/h9-10,13-16,21,23-24,26,30,41H,7-8,11-12,17-20,22,25H2,1-6H3. The van der Waals surface area contributed by atoms with Crippen LogP contribution in [0.15, 0.2) is 71.8 Å². The number of aromatic hydroxyl groups is 1. The Morgan fingerprint density at radius 2 is 1.79 bits per heavy atom. The van der Waals surface area contributed by atoms with Crippen LogP contribution >= 0.6 is 0 Å². The van der Waals surface area contributed by atoms with Gasteiger partial charge in [0.2, 0.25) is 0 Å². The van der Waals surface area contributed by atoms with E-state index in [0.29, 0.717) is 37.0 Å². The van der Waals surface area contributed by atoms with Gasteiger partial charge in [-0.25, -0.2) is 4.39 Å². The zero-order chi connectivity index (χ0) is 30.9. The van der Waals surface area contributed by atoms with Gasteiger partial charge in [0.05, 0.1) is 7.11 Å². The van der Waals surface area contributed by atoms with Crippen molar-refractivity contribution in [1.29, 1.82) is 0 Å². The molecular weight excluding hydrogens is 541 g/mol. The highest BCUT2D eigenvalue weighted by Crippen LogP contribution is 2.40. The fourth-order valence-corrected chi connectivity index (χ4v) is 5.86. The fraction of sp³-hybridized carbons (Fsp3) is 0.500. The van der Waals surface area contributed by atoms with Crippen molar-refractivity contribution in [3.63, 3.8) is 0 Å². The van der Waals surface area contributed by atoms with Crippen LogP contribution in [0.1, 0.15) is 56.2 Å². The summed E-state index contributed by atoms with van der Waals surface area (Å²) in [5.74, 6) is 1.49. The number of aryl methyl sites for hydroxylation is 1. The summed E-state index contributed by atoms with van der Waals surface area (Å²) in [5, 5.41) is 9.95. The van der Waals surface area contributed by atoms with Crippen LogP contribution in [0.5, 0.6) is 11.5 Å². The van der Waals surface area contributed by atoms with E-state index in [1.54, 1.807) is 19.3 Å². The number of anilines is 1. The third-order valence-corrected chi connectivity index (χ3v) is 8.75. The smallest absolute Gasteiger partial charge is 0.165 e. The number of phenols is 1. The molecule has 234 valence electrons. The molecule has 43 heavy (non-hydrogen) atoms. The lowest BCUT2D eigenvalue weighted by Crippen LogP contribution is -2.34. The Morgan fingerprint density at radius 1 is 1.00 bits per heavy atom. The number of hydrogen-bond donors (Lipinski definition) is 1. The van der Waals surface area contributed by atoms with Crippen LogP contribution in [-0.4, -0.2) is 81.5 Å². The lowest BCUT2D eigenvalue weighted by molar-refractivity contribution is 0.162. The third kappa shape index (κ3) is 8.87. The highest BCUT2D eigenvalue weighted by Gasteiger charge is 2.26. The first kappa shape index (κ1) is 32.6. The summed E-state index contributed by atoms with van der Waals surface area (Å²) in [6.07, 6.45) is 9.06. The molecule has 2 aromatic rings. The van der Waals surface area contributed by atoms with Crippen molar-refractivity contribution in [2.75, 3.05) is 65.4 Å². The molecule has 1 N–H and O–H groups in total. The highest BCUT2D eigenvalue weighted by molar-refractivity contribution is 5.61. The van der Waals surface area contributed by atoms with Crippen molar-refractivity contribution in [2.24, 2.45) is 0 Å². The molecule has 0 heterocycles. The lowest BCUT2D eigenvalue weighted by Gasteiger charge is -2.35. The molecule has 0 amide bonds. The molecule has 0 saturated carbocycles. The summed E-state index contributed by atoms with van der Waals surface area (Å²) in [7, 11) is 5.88. The van der Waals surface area contributed by atoms with Gasteiger partial charge in [0.15, 0.2) is 11.6 Å². The zero-order valence-electron chi connectivity index (χ0n) is 26.9. The van der Waals surface area contributed by atoms with Crippen molar-refractivity contribution in [2.45, 2.75) is 58.4 Å². The van der Waals surface area contributed by atoms with E-state index in [-0.39, 0.29) is 11.9 Å². The molecule has 0 spiro atoms. The number of methoxy groups -OCH3 is 1. The summed E-state index contributed by atoms with van der Waals surface area (Å²) in [5.41, 5.74) is 5.86. The topological polar surface area (TPSA) is 48.4 Å². The van der Waals surface area contributed by atoms with Crippen LogP contribution < -0.4 is 9.64 Å². The van der Waals surface area contributed by atoms with Crippen LogP contribution in [0.2, 0.25) is 0 Å². The van der Waals surface area contributed by atoms with Crippen molar-refractivity contribution < 1.29 is 19.0 Å². The third-order valence-electron chi connectivity index (χ3n) is 8.75. The minimum atomic E-state index is -0.321. The first-order valence-corrected chi connectivity index (χ1v) is 15.7. The van der Waals surface area contributed by atoms with Gasteiger partial charge < -0.3 is 29.3 Å². The van der Waals surface area contributed by atoms with E-state index in [2.05, 4.69) is 73.8 Å². The second-order valence-electron chi connectivity index (χ2n) is 12.2. The van der Waals surface area contributed by atoms with Crippen LogP contribution in [0, 0.1) is 0 Å². The van der Waals surface area contributed by atoms with E-state index in [4.69, 9.17) is 9.47 Å². The van der Waals surface area contributed by atoms with Crippen molar-refractivity contribution >= 4 is 5.69 Å². The monoisotopic (exact) mass is 591 g/mol. The normalized spacial score (nSPS) is 16.9. The van der Waals surface area contributed by atoms with Crippen molar-refractivity contribution in [3.8, 4) is 11.5 Å².